The molecule has 3 heterocycles. The third kappa shape index (κ3) is 7.11. The molecular weight excluding hydrogens is 645 g/mol. The number of likely N-dealkylation sites (tertiary alicyclic amines) is 2. The predicted octanol–water partition coefficient (Wildman–Crippen LogP) is 6.58. The first kappa shape index (κ1) is 34.0. The van der Waals surface area contributed by atoms with E-state index in [2.05, 4.69) is 15.1 Å². The van der Waals surface area contributed by atoms with E-state index in [1.54, 1.807) is 12.5 Å². The zero-order valence-electron chi connectivity index (χ0n) is 26.5. The van der Waals surface area contributed by atoms with Crippen LogP contribution in [0.2, 0.25) is 5.02 Å². The Morgan fingerprint density at radius 1 is 1.00 bits per heavy atom. The van der Waals surface area contributed by atoms with Gasteiger partial charge in [-0.2, -0.15) is 0 Å². The second-order valence-corrected chi connectivity index (χ2v) is 14.1. The van der Waals surface area contributed by atoms with Crippen LogP contribution in [0.5, 0.6) is 0 Å². The number of piperidine rings is 1. The standard InChI is InChI=1S/C35H41ClFN3O6S/c1-45-24-12-16-40(17-13-24)35(39-14-4-5-15-39,46-25-10-8-22(9-11-25)34(43)44)32(41)19-23-18-28(36)30(20-29(23)37)38-33(42)27-21-47-31-7-3-2-6-26(27)31/h2-3,6-7,18,20-22,24-25H,4-5,8-17,19H2,1H3,(H,38,42)(H,43,44). The number of carboxylic acids is 1. The van der Waals surface area contributed by atoms with Crippen molar-refractivity contribution in [2.24, 2.45) is 5.92 Å². The van der Waals surface area contributed by atoms with Gasteiger partial charge in [0.05, 0.1) is 34.4 Å². The van der Waals surface area contributed by atoms with E-state index in [4.69, 9.17) is 21.1 Å². The molecule has 0 spiro atoms. The number of rotatable bonds is 11. The maximum absolute atomic E-state index is 15.8. The highest BCUT2D eigenvalue weighted by molar-refractivity contribution is 7.17. The van der Waals surface area contributed by atoms with Crippen molar-refractivity contribution in [1.82, 2.24) is 9.80 Å². The van der Waals surface area contributed by atoms with E-state index in [1.807, 2.05) is 24.3 Å². The average molecular weight is 686 g/mol. The summed E-state index contributed by atoms with van der Waals surface area (Å²) in [7, 11) is 1.69. The fourth-order valence-corrected chi connectivity index (χ4v) is 8.47. The van der Waals surface area contributed by atoms with Crippen LogP contribution in [0.3, 0.4) is 0 Å². The molecule has 0 bridgehead atoms. The smallest absolute Gasteiger partial charge is 0.306 e. The molecule has 3 fully saturated rings. The van der Waals surface area contributed by atoms with Crippen molar-refractivity contribution in [1.29, 1.82) is 0 Å². The summed E-state index contributed by atoms with van der Waals surface area (Å²) >= 11 is 8.07. The van der Waals surface area contributed by atoms with Crippen molar-refractivity contribution < 1.29 is 33.4 Å². The number of thiophene rings is 1. The highest BCUT2D eigenvalue weighted by atomic mass is 35.5. The fourth-order valence-electron chi connectivity index (χ4n) is 7.29. The molecule has 1 unspecified atom stereocenters. The van der Waals surface area contributed by atoms with Crippen molar-refractivity contribution in [3.05, 3.63) is 63.7 Å². The molecule has 2 N–H and O–H groups in total. The zero-order chi connectivity index (χ0) is 33.1. The number of ether oxygens (including phenoxy) is 2. The van der Waals surface area contributed by atoms with E-state index in [-0.39, 0.29) is 40.7 Å². The van der Waals surface area contributed by atoms with E-state index in [1.165, 1.54) is 23.5 Å². The molecule has 1 aromatic heterocycles. The Hall–Kier alpha value is -2.93. The lowest BCUT2D eigenvalue weighted by atomic mass is 9.87. The quantitative estimate of drug-likeness (QED) is 0.233. The summed E-state index contributed by atoms with van der Waals surface area (Å²) in [4.78, 5) is 43.7. The van der Waals surface area contributed by atoms with Gasteiger partial charge in [0.25, 0.3) is 5.91 Å². The highest BCUT2D eigenvalue weighted by Gasteiger charge is 2.53. The number of carboxylic acid groups (broad SMARTS) is 1. The summed E-state index contributed by atoms with van der Waals surface area (Å²) in [5.41, 5.74) is 0.718. The van der Waals surface area contributed by atoms with Crippen molar-refractivity contribution in [2.45, 2.75) is 75.8 Å². The average Bonchev–Trinajstić information content (AvgIpc) is 3.77. The molecule has 2 aliphatic heterocycles. The van der Waals surface area contributed by atoms with Gasteiger partial charge in [-0.25, -0.2) is 4.39 Å². The lowest BCUT2D eigenvalue weighted by Crippen LogP contribution is -2.69. The summed E-state index contributed by atoms with van der Waals surface area (Å²) in [5.74, 6) is -3.98. The van der Waals surface area contributed by atoms with E-state index in [0.717, 1.165) is 35.8 Å². The number of nitrogens with one attached hydrogen (secondary N) is 1. The third-order valence-electron chi connectivity index (χ3n) is 9.92. The van der Waals surface area contributed by atoms with Gasteiger partial charge >= 0.3 is 5.97 Å². The molecule has 1 amide bonds. The first-order valence-electron chi connectivity index (χ1n) is 16.4. The molecule has 1 saturated carbocycles. The number of nitrogens with zero attached hydrogens (tertiary/aromatic N) is 2. The van der Waals surface area contributed by atoms with Crippen LogP contribution in [0.15, 0.2) is 41.8 Å². The van der Waals surface area contributed by atoms with Crippen LogP contribution < -0.4 is 5.32 Å². The van der Waals surface area contributed by atoms with Gasteiger partial charge in [-0.3, -0.25) is 24.2 Å². The monoisotopic (exact) mass is 685 g/mol. The largest absolute Gasteiger partial charge is 0.481 e. The molecule has 9 nitrogen and oxygen atoms in total. The minimum Gasteiger partial charge on any atom is -0.481 e. The van der Waals surface area contributed by atoms with Gasteiger partial charge in [-0.1, -0.05) is 29.8 Å². The van der Waals surface area contributed by atoms with Crippen LogP contribution in [0.1, 0.15) is 67.3 Å². The van der Waals surface area contributed by atoms with Gasteiger partial charge in [0.1, 0.15) is 5.82 Å². The molecule has 1 atom stereocenters. The molecular formula is C35H41ClFN3O6S. The molecule has 252 valence electrons. The van der Waals surface area contributed by atoms with Crippen LogP contribution in [0.25, 0.3) is 10.1 Å². The molecule has 0 radical (unpaired) electrons. The molecule has 47 heavy (non-hydrogen) atoms. The summed E-state index contributed by atoms with van der Waals surface area (Å²) in [5, 5.41) is 15.0. The van der Waals surface area contributed by atoms with Gasteiger partial charge in [0, 0.05) is 55.2 Å². The van der Waals surface area contributed by atoms with E-state index in [0.29, 0.717) is 57.4 Å². The lowest BCUT2D eigenvalue weighted by Gasteiger charge is -2.51. The second kappa shape index (κ2) is 14.7. The maximum Gasteiger partial charge on any atom is 0.306 e. The normalized spacial score (nSPS) is 22.7. The first-order valence-corrected chi connectivity index (χ1v) is 17.7. The Morgan fingerprint density at radius 2 is 1.68 bits per heavy atom. The Morgan fingerprint density at radius 3 is 2.36 bits per heavy atom. The van der Waals surface area contributed by atoms with Gasteiger partial charge in [0.15, 0.2) is 5.78 Å². The SMILES string of the molecule is COC1CCN(C(OC2CCC(C(=O)O)CC2)(C(=O)Cc2cc(Cl)c(NC(=O)c3csc4ccccc34)cc2F)N2CCCC2)CC1. The molecule has 3 aliphatic rings. The number of hydrogen-bond acceptors (Lipinski definition) is 8. The number of Topliss-reactive ketones (excluding diaryl/α,β-unsaturated/α-hetero) is 1. The summed E-state index contributed by atoms with van der Waals surface area (Å²) < 4.78 is 29.3. The number of fused-ring (bicyclic) bond motifs is 1. The highest BCUT2D eigenvalue weighted by Crippen LogP contribution is 2.38. The van der Waals surface area contributed by atoms with Crippen molar-refractivity contribution in [3.8, 4) is 0 Å². The number of amides is 1. The second-order valence-electron chi connectivity index (χ2n) is 12.8. The number of halogens is 2. The van der Waals surface area contributed by atoms with Gasteiger partial charge < -0.3 is 19.9 Å². The van der Waals surface area contributed by atoms with Crippen LogP contribution in [0.4, 0.5) is 10.1 Å². The maximum atomic E-state index is 15.8. The fraction of sp³-hybridized carbons (Fsp3) is 0.514. The number of benzene rings is 2. The van der Waals surface area contributed by atoms with Crippen LogP contribution in [-0.2, 0) is 25.5 Å². The van der Waals surface area contributed by atoms with Crippen LogP contribution >= 0.6 is 22.9 Å². The van der Waals surface area contributed by atoms with E-state index >= 15 is 4.39 Å². The van der Waals surface area contributed by atoms with Crippen molar-refractivity contribution >= 4 is 56.4 Å². The molecule has 1 aliphatic carbocycles. The number of carbonyl (C=O) groups excluding carboxylic acids is 2. The summed E-state index contributed by atoms with van der Waals surface area (Å²) in [6, 6.07) is 10.1. The Balaban J connectivity index is 1.27. The van der Waals surface area contributed by atoms with Crippen LogP contribution in [0, 0.1) is 11.7 Å². The molecule has 12 heteroatoms. The Labute approximate surface area is 283 Å². The minimum absolute atomic E-state index is 0.0784. The third-order valence-corrected chi connectivity index (χ3v) is 11.2. The molecule has 6 rings (SSSR count). The van der Waals surface area contributed by atoms with Gasteiger partial charge in [-0.15, -0.1) is 11.3 Å². The minimum atomic E-state index is -1.43. The topological polar surface area (TPSA) is 108 Å². The summed E-state index contributed by atoms with van der Waals surface area (Å²) in [6.45, 7) is 2.45. The number of aliphatic carboxylic acids is 1. The van der Waals surface area contributed by atoms with Gasteiger partial charge in [-0.05, 0) is 75.1 Å². The number of ketones is 1. The number of carbonyl (C=O) groups is 3. The Bertz CT molecular complexity index is 1610. The molecule has 2 aromatic carbocycles. The summed E-state index contributed by atoms with van der Waals surface area (Å²) in [6.07, 6.45) is 4.79. The number of methoxy groups -OCH3 is 1. The lowest BCUT2D eigenvalue weighted by molar-refractivity contribution is -0.261. The van der Waals surface area contributed by atoms with Gasteiger partial charge in [0.2, 0.25) is 5.85 Å². The Kier molecular flexibility index (Phi) is 10.6. The van der Waals surface area contributed by atoms with Crippen LogP contribution in [-0.4, -0.2) is 83.9 Å². The van der Waals surface area contributed by atoms with E-state index in [9.17, 15) is 19.5 Å². The number of anilines is 1. The number of hydrogen-bond donors (Lipinski definition) is 2. The first-order chi connectivity index (χ1) is 22.7. The zero-order valence-corrected chi connectivity index (χ0v) is 28.1. The predicted molar refractivity (Wildman–Crippen MR) is 180 cm³/mol. The molecule has 3 aromatic rings. The van der Waals surface area contributed by atoms with Crippen molar-refractivity contribution in [3.63, 3.8) is 0 Å². The van der Waals surface area contributed by atoms with Crippen molar-refractivity contribution in [2.75, 3.05) is 38.6 Å². The van der Waals surface area contributed by atoms with E-state index < -0.39 is 29.5 Å². The molecule has 2 saturated heterocycles.